The van der Waals surface area contributed by atoms with Gasteiger partial charge in [-0.1, -0.05) is 13.8 Å². The maximum absolute atomic E-state index is 14.8. The van der Waals surface area contributed by atoms with Crippen LogP contribution in [0, 0.1) is 10.8 Å². The third kappa shape index (κ3) is 1.17. The maximum atomic E-state index is 14.8. The van der Waals surface area contributed by atoms with Gasteiger partial charge in [0.05, 0.1) is 7.11 Å². The molecule has 1 N–H and O–H groups in total. The van der Waals surface area contributed by atoms with Crippen LogP contribution in [0.15, 0.2) is 0 Å². The van der Waals surface area contributed by atoms with Crippen molar-refractivity contribution >= 4 is 5.97 Å². The maximum Gasteiger partial charge on any atom is 0.345 e. The third-order valence-electron chi connectivity index (χ3n) is 4.56. The summed E-state index contributed by atoms with van der Waals surface area (Å²) in [4.78, 5) is 11.6. The van der Waals surface area contributed by atoms with Crippen LogP contribution in [0.5, 0.6) is 0 Å². The Kier molecular flexibility index (Phi) is 2.13. The SMILES string of the molecule is COC(=O)C1(F)CNCC1(C)C1(C)CC1. The van der Waals surface area contributed by atoms with E-state index in [1.807, 2.05) is 6.92 Å². The Morgan fingerprint density at radius 2 is 1.93 bits per heavy atom. The van der Waals surface area contributed by atoms with Gasteiger partial charge < -0.3 is 10.1 Å². The molecule has 1 aliphatic heterocycles. The molecule has 0 aromatic carbocycles. The molecule has 2 aliphatic rings. The summed E-state index contributed by atoms with van der Waals surface area (Å²) in [6.07, 6.45) is 1.99. The smallest absolute Gasteiger partial charge is 0.345 e. The van der Waals surface area contributed by atoms with Gasteiger partial charge in [0, 0.05) is 18.5 Å². The fraction of sp³-hybridized carbons (Fsp3) is 0.909. The fourth-order valence-corrected chi connectivity index (χ4v) is 2.71. The van der Waals surface area contributed by atoms with E-state index in [0.717, 1.165) is 12.8 Å². The number of hydrogen-bond donors (Lipinski definition) is 1. The van der Waals surface area contributed by atoms with Crippen molar-refractivity contribution in [1.29, 1.82) is 0 Å². The van der Waals surface area contributed by atoms with Crippen LogP contribution in [0.2, 0.25) is 0 Å². The second-order valence-corrected chi connectivity index (χ2v) is 5.29. The molecule has 0 aromatic heterocycles. The zero-order valence-corrected chi connectivity index (χ0v) is 9.52. The second-order valence-electron chi connectivity index (χ2n) is 5.29. The summed E-state index contributed by atoms with van der Waals surface area (Å²) in [5.74, 6) is -0.733. The molecule has 0 spiro atoms. The van der Waals surface area contributed by atoms with E-state index >= 15 is 0 Å². The Balaban J connectivity index is 2.35. The number of ether oxygens (including phenoxy) is 1. The highest BCUT2D eigenvalue weighted by Crippen LogP contribution is 2.64. The van der Waals surface area contributed by atoms with Crippen LogP contribution < -0.4 is 5.32 Å². The number of halogens is 1. The van der Waals surface area contributed by atoms with Crippen molar-refractivity contribution in [1.82, 2.24) is 5.32 Å². The summed E-state index contributed by atoms with van der Waals surface area (Å²) in [7, 11) is 1.25. The highest BCUT2D eigenvalue weighted by molar-refractivity contribution is 5.82. The summed E-state index contributed by atoms with van der Waals surface area (Å²) in [5, 5.41) is 2.99. The first-order valence-corrected chi connectivity index (χ1v) is 5.38. The number of hydrogen-bond acceptors (Lipinski definition) is 3. The van der Waals surface area contributed by atoms with E-state index in [0.29, 0.717) is 6.54 Å². The van der Waals surface area contributed by atoms with Crippen molar-refractivity contribution in [2.75, 3.05) is 20.2 Å². The lowest BCUT2D eigenvalue weighted by Crippen LogP contribution is -2.53. The molecule has 4 heteroatoms. The lowest BCUT2D eigenvalue weighted by atomic mass is 9.66. The Bertz CT molecular complexity index is 303. The molecule has 86 valence electrons. The molecule has 2 unspecified atom stereocenters. The van der Waals surface area contributed by atoms with Crippen LogP contribution >= 0.6 is 0 Å². The van der Waals surface area contributed by atoms with E-state index in [9.17, 15) is 9.18 Å². The number of carbonyl (C=O) groups excluding carboxylic acids is 1. The number of esters is 1. The van der Waals surface area contributed by atoms with Crippen molar-refractivity contribution in [3.63, 3.8) is 0 Å². The Hall–Kier alpha value is -0.640. The second kappa shape index (κ2) is 2.94. The molecule has 2 atom stereocenters. The molecular formula is C11H18FNO2. The van der Waals surface area contributed by atoms with Crippen molar-refractivity contribution in [3.8, 4) is 0 Å². The van der Waals surface area contributed by atoms with Gasteiger partial charge in [-0.15, -0.1) is 0 Å². The van der Waals surface area contributed by atoms with Crippen LogP contribution in [0.25, 0.3) is 0 Å². The van der Waals surface area contributed by atoms with Gasteiger partial charge in [-0.2, -0.15) is 0 Å². The van der Waals surface area contributed by atoms with Crippen LogP contribution in [-0.2, 0) is 9.53 Å². The summed E-state index contributed by atoms with van der Waals surface area (Å²) >= 11 is 0. The molecule has 3 nitrogen and oxygen atoms in total. The largest absolute Gasteiger partial charge is 0.467 e. The first kappa shape index (κ1) is 10.9. The van der Waals surface area contributed by atoms with Crippen LogP contribution in [-0.4, -0.2) is 31.8 Å². The average molecular weight is 215 g/mol. The molecule has 1 aliphatic carbocycles. The van der Waals surface area contributed by atoms with Crippen molar-refractivity contribution in [2.45, 2.75) is 32.4 Å². The monoisotopic (exact) mass is 215 g/mol. The number of rotatable bonds is 2. The molecule has 1 heterocycles. The first-order chi connectivity index (χ1) is 6.90. The molecule has 1 saturated carbocycles. The van der Waals surface area contributed by atoms with E-state index < -0.39 is 17.1 Å². The van der Waals surface area contributed by atoms with E-state index in [2.05, 4.69) is 17.0 Å². The van der Waals surface area contributed by atoms with E-state index in [4.69, 9.17) is 0 Å². The van der Waals surface area contributed by atoms with Gasteiger partial charge >= 0.3 is 5.97 Å². The summed E-state index contributed by atoms with van der Waals surface area (Å²) < 4.78 is 19.4. The Labute approximate surface area is 89.4 Å². The van der Waals surface area contributed by atoms with Gasteiger partial charge in [-0.3, -0.25) is 0 Å². The highest BCUT2D eigenvalue weighted by atomic mass is 19.1. The van der Waals surface area contributed by atoms with Gasteiger partial charge in [-0.25, -0.2) is 9.18 Å². The molecule has 2 fully saturated rings. The minimum absolute atomic E-state index is 0.0561. The highest BCUT2D eigenvalue weighted by Gasteiger charge is 2.69. The quantitative estimate of drug-likeness (QED) is 0.705. The van der Waals surface area contributed by atoms with Crippen molar-refractivity contribution < 1.29 is 13.9 Å². The molecule has 2 rings (SSSR count). The Morgan fingerprint density at radius 3 is 2.40 bits per heavy atom. The zero-order valence-electron chi connectivity index (χ0n) is 9.52. The minimum atomic E-state index is -1.87. The topological polar surface area (TPSA) is 38.3 Å². The third-order valence-corrected chi connectivity index (χ3v) is 4.56. The number of methoxy groups -OCH3 is 1. The predicted molar refractivity (Wildman–Crippen MR) is 54.2 cm³/mol. The fourth-order valence-electron chi connectivity index (χ4n) is 2.71. The molecule has 15 heavy (non-hydrogen) atoms. The standard InChI is InChI=1S/C11H18FNO2/c1-9(4-5-9)10(2)6-13-7-11(10,12)8(14)15-3/h13H,4-7H2,1-3H3. The molecule has 1 saturated heterocycles. The van der Waals surface area contributed by atoms with Gasteiger partial charge in [0.1, 0.15) is 0 Å². The normalized spacial score (nSPS) is 42.7. The number of carbonyl (C=O) groups is 1. The lowest BCUT2D eigenvalue weighted by Gasteiger charge is -2.39. The van der Waals surface area contributed by atoms with Gasteiger partial charge in [0.15, 0.2) is 0 Å². The molecule has 0 bridgehead atoms. The van der Waals surface area contributed by atoms with Gasteiger partial charge in [0.2, 0.25) is 5.67 Å². The summed E-state index contributed by atoms with van der Waals surface area (Å²) in [6, 6.07) is 0. The zero-order chi connectivity index (χ0) is 11.3. The van der Waals surface area contributed by atoms with Crippen LogP contribution in [0.3, 0.4) is 0 Å². The van der Waals surface area contributed by atoms with E-state index in [1.54, 1.807) is 0 Å². The summed E-state index contributed by atoms with van der Waals surface area (Å²) in [5.41, 5.74) is -2.56. The molecule has 0 aromatic rings. The average Bonchev–Trinajstić information content (AvgIpc) is 2.88. The number of nitrogens with one attached hydrogen (secondary N) is 1. The van der Waals surface area contributed by atoms with Crippen molar-refractivity contribution in [3.05, 3.63) is 0 Å². The van der Waals surface area contributed by atoms with E-state index in [1.165, 1.54) is 7.11 Å². The summed E-state index contributed by atoms with van der Waals surface area (Å²) in [6.45, 7) is 4.54. The molecular weight excluding hydrogens is 197 g/mol. The lowest BCUT2D eigenvalue weighted by molar-refractivity contribution is -0.164. The van der Waals surface area contributed by atoms with Crippen LogP contribution in [0.4, 0.5) is 4.39 Å². The number of alkyl halides is 1. The van der Waals surface area contributed by atoms with Crippen molar-refractivity contribution in [2.24, 2.45) is 10.8 Å². The Morgan fingerprint density at radius 1 is 1.33 bits per heavy atom. The first-order valence-electron chi connectivity index (χ1n) is 5.38. The minimum Gasteiger partial charge on any atom is -0.467 e. The molecule has 0 amide bonds. The predicted octanol–water partition coefficient (Wildman–Crippen LogP) is 1.28. The van der Waals surface area contributed by atoms with E-state index in [-0.39, 0.29) is 12.0 Å². The van der Waals surface area contributed by atoms with Gasteiger partial charge in [-0.05, 0) is 18.3 Å². The molecule has 0 radical (unpaired) electrons. The van der Waals surface area contributed by atoms with Gasteiger partial charge in [0.25, 0.3) is 0 Å². The van der Waals surface area contributed by atoms with Crippen LogP contribution in [0.1, 0.15) is 26.7 Å².